The normalized spacial score (nSPS) is 8.50. The third-order valence-electron chi connectivity index (χ3n) is 0.950. The lowest BCUT2D eigenvalue weighted by molar-refractivity contribution is 1.21. The maximum absolute atomic E-state index is 5.18. The van der Waals surface area contributed by atoms with Crippen LogP contribution in [0.1, 0.15) is 5.01 Å². The highest BCUT2D eigenvalue weighted by molar-refractivity contribution is 7.09. The number of thiazole rings is 1. The summed E-state index contributed by atoms with van der Waals surface area (Å²) in [4.78, 5) is 4.06. The van der Waals surface area contributed by atoms with Gasteiger partial charge in [-0.15, -0.1) is 11.3 Å². The molecule has 10 heavy (non-hydrogen) atoms. The van der Waals surface area contributed by atoms with Crippen LogP contribution in [0.3, 0.4) is 0 Å². The summed E-state index contributed by atoms with van der Waals surface area (Å²) in [6.45, 7) is 0.436. The van der Waals surface area contributed by atoms with Crippen molar-refractivity contribution in [2.75, 3.05) is 6.54 Å². The van der Waals surface area contributed by atoms with Crippen molar-refractivity contribution in [3.8, 4) is 11.8 Å². The molecular formula is C7H8N2S. The molecule has 0 saturated heterocycles. The molecule has 0 aromatic carbocycles. The first-order valence-corrected chi connectivity index (χ1v) is 3.85. The summed E-state index contributed by atoms with van der Waals surface area (Å²) in [6, 6.07) is 0. The van der Waals surface area contributed by atoms with Crippen LogP contribution in [-0.4, -0.2) is 11.5 Å². The van der Waals surface area contributed by atoms with Crippen LogP contribution in [0.15, 0.2) is 11.6 Å². The molecular weight excluding hydrogens is 144 g/mol. The number of nitrogens with zero attached hydrogens (tertiary/aromatic N) is 1. The summed E-state index contributed by atoms with van der Waals surface area (Å²) in [5.74, 6) is 5.69. The zero-order valence-corrected chi connectivity index (χ0v) is 6.32. The standard InChI is InChI=1S/C7H8N2S/c8-4-2-1-3-7-9-5-6-10-7/h5-6H,3-4,8H2. The van der Waals surface area contributed by atoms with E-state index in [2.05, 4.69) is 16.8 Å². The fraction of sp³-hybridized carbons (Fsp3) is 0.286. The van der Waals surface area contributed by atoms with E-state index in [9.17, 15) is 0 Å². The van der Waals surface area contributed by atoms with Crippen molar-refractivity contribution in [1.29, 1.82) is 0 Å². The van der Waals surface area contributed by atoms with Crippen molar-refractivity contribution >= 4 is 11.3 Å². The number of rotatable bonds is 1. The van der Waals surface area contributed by atoms with Gasteiger partial charge in [-0.25, -0.2) is 4.98 Å². The van der Waals surface area contributed by atoms with E-state index < -0.39 is 0 Å². The largest absolute Gasteiger partial charge is 0.320 e. The first-order chi connectivity index (χ1) is 4.93. The summed E-state index contributed by atoms with van der Waals surface area (Å²) >= 11 is 1.62. The van der Waals surface area contributed by atoms with Gasteiger partial charge in [-0.05, 0) is 0 Å². The Hall–Kier alpha value is -0.850. The second-order valence-corrected chi connectivity index (χ2v) is 2.64. The Morgan fingerprint density at radius 1 is 1.60 bits per heavy atom. The molecule has 0 amide bonds. The first-order valence-electron chi connectivity index (χ1n) is 2.97. The van der Waals surface area contributed by atoms with E-state index in [0.29, 0.717) is 6.54 Å². The maximum Gasteiger partial charge on any atom is 0.104 e. The number of aromatic nitrogens is 1. The summed E-state index contributed by atoms with van der Waals surface area (Å²) < 4.78 is 0. The van der Waals surface area contributed by atoms with E-state index in [1.165, 1.54) is 0 Å². The topological polar surface area (TPSA) is 38.9 Å². The van der Waals surface area contributed by atoms with Crippen LogP contribution in [0, 0.1) is 11.8 Å². The van der Waals surface area contributed by atoms with Crippen LogP contribution in [-0.2, 0) is 6.42 Å². The molecule has 0 aliphatic rings. The molecule has 0 spiro atoms. The predicted octanol–water partition coefficient (Wildman–Crippen LogP) is 0.648. The fourth-order valence-electron chi connectivity index (χ4n) is 0.551. The molecule has 0 atom stereocenters. The zero-order chi connectivity index (χ0) is 7.23. The SMILES string of the molecule is NCC#CCc1nccs1. The van der Waals surface area contributed by atoms with Crippen LogP contribution in [0.25, 0.3) is 0 Å². The molecule has 2 N–H and O–H groups in total. The van der Waals surface area contributed by atoms with Crippen molar-refractivity contribution in [2.45, 2.75) is 6.42 Å². The van der Waals surface area contributed by atoms with E-state index in [1.54, 1.807) is 17.5 Å². The van der Waals surface area contributed by atoms with Gasteiger partial charge >= 0.3 is 0 Å². The Kier molecular flexibility index (Phi) is 2.94. The van der Waals surface area contributed by atoms with Gasteiger partial charge in [0.15, 0.2) is 0 Å². The Morgan fingerprint density at radius 3 is 3.10 bits per heavy atom. The highest BCUT2D eigenvalue weighted by Crippen LogP contribution is 2.02. The number of nitrogens with two attached hydrogens (primary N) is 1. The summed E-state index contributed by atoms with van der Waals surface area (Å²) in [5, 5.41) is 3.00. The molecule has 1 heterocycles. The van der Waals surface area contributed by atoms with Gasteiger partial charge in [0.1, 0.15) is 5.01 Å². The second-order valence-electron chi connectivity index (χ2n) is 1.66. The average Bonchev–Trinajstić information content (AvgIpc) is 2.41. The minimum absolute atomic E-state index is 0.436. The third-order valence-corrected chi connectivity index (χ3v) is 1.73. The molecule has 0 aliphatic carbocycles. The lowest BCUT2D eigenvalue weighted by Crippen LogP contribution is -1.93. The molecule has 1 rings (SSSR count). The Morgan fingerprint density at radius 2 is 2.50 bits per heavy atom. The summed E-state index contributed by atoms with van der Waals surface area (Å²) in [7, 11) is 0. The van der Waals surface area contributed by atoms with Gasteiger partial charge in [0, 0.05) is 11.6 Å². The van der Waals surface area contributed by atoms with Crippen molar-refractivity contribution < 1.29 is 0 Å². The highest BCUT2D eigenvalue weighted by Gasteiger charge is 1.88. The van der Waals surface area contributed by atoms with Gasteiger partial charge in [-0.2, -0.15) is 0 Å². The molecule has 1 aromatic heterocycles. The van der Waals surface area contributed by atoms with Gasteiger partial charge in [-0.1, -0.05) is 11.8 Å². The zero-order valence-electron chi connectivity index (χ0n) is 5.50. The Balaban J connectivity index is 2.41. The quantitative estimate of drug-likeness (QED) is 0.600. The van der Waals surface area contributed by atoms with Gasteiger partial charge in [0.2, 0.25) is 0 Å². The minimum atomic E-state index is 0.436. The highest BCUT2D eigenvalue weighted by atomic mass is 32.1. The molecule has 0 bridgehead atoms. The number of hydrogen-bond acceptors (Lipinski definition) is 3. The molecule has 3 heteroatoms. The lowest BCUT2D eigenvalue weighted by atomic mass is 10.4. The van der Waals surface area contributed by atoms with Crippen LogP contribution in [0.2, 0.25) is 0 Å². The molecule has 2 nitrogen and oxygen atoms in total. The van der Waals surface area contributed by atoms with Crippen LogP contribution >= 0.6 is 11.3 Å². The van der Waals surface area contributed by atoms with Gasteiger partial charge in [-0.3, -0.25) is 0 Å². The lowest BCUT2D eigenvalue weighted by Gasteiger charge is -1.79. The third kappa shape index (κ3) is 2.18. The van der Waals surface area contributed by atoms with E-state index in [1.807, 2.05) is 5.38 Å². The van der Waals surface area contributed by atoms with E-state index in [-0.39, 0.29) is 0 Å². The van der Waals surface area contributed by atoms with E-state index in [0.717, 1.165) is 11.4 Å². The predicted molar refractivity (Wildman–Crippen MR) is 42.6 cm³/mol. The molecule has 1 aromatic rings. The summed E-state index contributed by atoms with van der Waals surface area (Å²) in [6.07, 6.45) is 2.51. The van der Waals surface area contributed by atoms with Crippen molar-refractivity contribution in [1.82, 2.24) is 4.98 Å². The molecule has 0 aliphatic heterocycles. The van der Waals surface area contributed by atoms with Crippen LogP contribution in [0.5, 0.6) is 0 Å². The first kappa shape index (κ1) is 7.26. The molecule has 0 saturated carbocycles. The monoisotopic (exact) mass is 152 g/mol. The van der Waals surface area contributed by atoms with Crippen LogP contribution in [0.4, 0.5) is 0 Å². The Bertz CT molecular complexity index is 230. The fourth-order valence-corrected chi connectivity index (χ4v) is 1.11. The molecule has 52 valence electrons. The number of hydrogen-bond donors (Lipinski definition) is 1. The Labute approximate surface area is 64.1 Å². The van der Waals surface area contributed by atoms with Gasteiger partial charge in [0.25, 0.3) is 0 Å². The maximum atomic E-state index is 5.18. The minimum Gasteiger partial charge on any atom is -0.320 e. The van der Waals surface area contributed by atoms with Crippen LogP contribution < -0.4 is 5.73 Å². The average molecular weight is 152 g/mol. The molecule has 0 unspecified atom stereocenters. The van der Waals surface area contributed by atoms with E-state index in [4.69, 9.17) is 5.73 Å². The van der Waals surface area contributed by atoms with E-state index >= 15 is 0 Å². The van der Waals surface area contributed by atoms with Crippen molar-refractivity contribution in [2.24, 2.45) is 5.73 Å². The second kappa shape index (κ2) is 4.04. The smallest absolute Gasteiger partial charge is 0.104 e. The van der Waals surface area contributed by atoms with Gasteiger partial charge < -0.3 is 5.73 Å². The molecule has 0 radical (unpaired) electrons. The molecule has 0 fully saturated rings. The van der Waals surface area contributed by atoms with Crippen molar-refractivity contribution in [3.63, 3.8) is 0 Å². The summed E-state index contributed by atoms with van der Waals surface area (Å²) in [5.41, 5.74) is 5.18. The van der Waals surface area contributed by atoms with Gasteiger partial charge in [0.05, 0.1) is 13.0 Å². The van der Waals surface area contributed by atoms with Crippen molar-refractivity contribution in [3.05, 3.63) is 16.6 Å².